The Morgan fingerprint density at radius 2 is 2.44 bits per heavy atom. The highest BCUT2D eigenvalue weighted by atomic mass is 32.2. The number of halogens is 1. The van der Waals surface area contributed by atoms with Gasteiger partial charge in [-0.2, -0.15) is 11.8 Å². The SMILES string of the molecule is CC(=O)C1(F)CCSC1. The molecule has 0 aromatic carbocycles. The normalized spacial score (nSPS) is 34.9. The minimum absolute atomic E-state index is 0.312. The highest BCUT2D eigenvalue weighted by Gasteiger charge is 2.38. The number of carbonyl (C=O) groups excluding carboxylic acids is 1. The summed E-state index contributed by atoms with van der Waals surface area (Å²) in [5, 5.41) is 0. The lowest BCUT2D eigenvalue weighted by atomic mass is 10.0. The van der Waals surface area contributed by atoms with Crippen LogP contribution in [0.5, 0.6) is 0 Å². The summed E-state index contributed by atoms with van der Waals surface area (Å²) < 4.78 is 13.1. The van der Waals surface area contributed by atoms with Gasteiger partial charge in [0.1, 0.15) is 0 Å². The topological polar surface area (TPSA) is 17.1 Å². The summed E-state index contributed by atoms with van der Waals surface area (Å²) in [6.45, 7) is 1.33. The van der Waals surface area contributed by atoms with Crippen LogP contribution in [0.1, 0.15) is 13.3 Å². The van der Waals surface area contributed by atoms with Crippen molar-refractivity contribution >= 4 is 17.5 Å². The quantitative estimate of drug-likeness (QED) is 0.559. The molecule has 0 bridgehead atoms. The van der Waals surface area contributed by atoms with E-state index in [1.165, 1.54) is 18.7 Å². The summed E-state index contributed by atoms with van der Waals surface area (Å²) in [5.74, 6) is 0.839. The van der Waals surface area contributed by atoms with Crippen LogP contribution in [-0.4, -0.2) is 23.0 Å². The van der Waals surface area contributed by atoms with E-state index in [9.17, 15) is 9.18 Å². The lowest BCUT2D eigenvalue weighted by Gasteiger charge is -2.11. The summed E-state index contributed by atoms with van der Waals surface area (Å²) >= 11 is 1.51. The standard InChI is InChI=1S/C6H9FOS/c1-5(8)6(7)2-3-9-4-6/h2-4H2,1H3. The van der Waals surface area contributed by atoms with Crippen molar-refractivity contribution < 1.29 is 9.18 Å². The molecular formula is C6H9FOS. The van der Waals surface area contributed by atoms with E-state index in [0.717, 1.165) is 5.75 Å². The molecule has 1 fully saturated rings. The maximum absolute atomic E-state index is 13.1. The van der Waals surface area contributed by atoms with Crippen LogP contribution in [0, 0.1) is 0 Å². The largest absolute Gasteiger partial charge is 0.296 e. The molecule has 0 amide bonds. The Hall–Kier alpha value is -0.0500. The Balaban J connectivity index is 2.61. The number of ketones is 1. The van der Waals surface area contributed by atoms with Gasteiger partial charge in [0.05, 0.1) is 0 Å². The van der Waals surface area contributed by atoms with Gasteiger partial charge in [0.25, 0.3) is 0 Å². The third kappa shape index (κ3) is 1.26. The second kappa shape index (κ2) is 2.29. The maximum Gasteiger partial charge on any atom is 0.178 e. The Kier molecular flexibility index (Phi) is 1.80. The number of Topliss-reactive ketones (excluding diaryl/α,β-unsaturated/α-hetero) is 1. The average Bonchev–Trinajstić information content (AvgIpc) is 2.16. The van der Waals surface area contributed by atoms with Crippen molar-refractivity contribution in [3.63, 3.8) is 0 Å². The van der Waals surface area contributed by atoms with Crippen molar-refractivity contribution in [1.29, 1.82) is 0 Å². The molecule has 1 rings (SSSR count). The van der Waals surface area contributed by atoms with Crippen LogP contribution >= 0.6 is 11.8 Å². The summed E-state index contributed by atoms with van der Waals surface area (Å²) in [6.07, 6.45) is 0.410. The molecule has 1 nitrogen and oxygen atoms in total. The first kappa shape index (κ1) is 7.06. The predicted molar refractivity (Wildman–Crippen MR) is 36.5 cm³/mol. The van der Waals surface area contributed by atoms with Gasteiger partial charge in [-0.3, -0.25) is 4.79 Å². The Morgan fingerprint density at radius 3 is 2.67 bits per heavy atom. The second-order valence-electron chi connectivity index (χ2n) is 2.32. The fraction of sp³-hybridized carbons (Fsp3) is 0.833. The van der Waals surface area contributed by atoms with Gasteiger partial charge >= 0.3 is 0 Å². The van der Waals surface area contributed by atoms with E-state index in [1.54, 1.807) is 0 Å². The zero-order chi connectivity index (χ0) is 6.91. The minimum Gasteiger partial charge on any atom is -0.296 e. The van der Waals surface area contributed by atoms with Gasteiger partial charge < -0.3 is 0 Å². The van der Waals surface area contributed by atoms with E-state index >= 15 is 0 Å². The van der Waals surface area contributed by atoms with Crippen LogP contribution in [0.25, 0.3) is 0 Å². The van der Waals surface area contributed by atoms with Crippen molar-refractivity contribution in [3.8, 4) is 0 Å². The van der Waals surface area contributed by atoms with Crippen LogP contribution in [0.15, 0.2) is 0 Å². The molecule has 1 aliphatic heterocycles. The van der Waals surface area contributed by atoms with Crippen molar-refractivity contribution in [2.75, 3.05) is 11.5 Å². The molecular weight excluding hydrogens is 139 g/mol. The van der Waals surface area contributed by atoms with Gasteiger partial charge in [0, 0.05) is 5.75 Å². The summed E-state index contributed by atoms with van der Waals surface area (Å²) in [4.78, 5) is 10.6. The molecule has 0 aromatic heterocycles. The predicted octanol–water partition coefficient (Wildman–Crippen LogP) is 1.42. The van der Waals surface area contributed by atoms with E-state index in [0.29, 0.717) is 12.2 Å². The first-order valence-electron chi connectivity index (χ1n) is 2.93. The van der Waals surface area contributed by atoms with Gasteiger partial charge in [-0.15, -0.1) is 0 Å². The molecule has 0 spiro atoms. The summed E-state index contributed by atoms with van der Waals surface area (Å²) in [5.41, 5.74) is -1.48. The molecule has 0 aliphatic carbocycles. The highest BCUT2D eigenvalue weighted by molar-refractivity contribution is 7.99. The summed E-state index contributed by atoms with van der Waals surface area (Å²) in [6, 6.07) is 0. The summed E-state index contributed by atoms with van der Waals surface area (Å²) in [7, 11) is 0. The molecule has 1 heterocycles. The van der Waals surface area contributed by atoms with E-state index in [4.69, 9.17) is 0 Å². The van der Waals surface area contributed by atoms with E-state index in [1.807, 2.05) is 0 Å². The fourth-order valence-electron chi connectivity index (χ4n) is 0.818. The van der Waals surface area contributed by atoms with Crippen molar-refractivity contribution in [2.24, 2.45) is 0 Å². The van der Waals surface area contributed by atoms with Crippen LogP contribution < -0.4 is 0 Å². The Bertz CT molecular complexity index is 129. The second-order valence-corrected chi connectivity index (χ2v) is 3.43. The van der Waals surface area contributed by atoms with Gasteiger partial charge in [0.15, 0.2) is 11.5 Å². The molecule has 3 heteroatoms. The molecule has 0 radical (unpaired) electrons. The zero-order valence-electron chi connectivity index (χ0n) is 5.32. The molecule has 0 N–H and O–H groups in total. The number of carbonyl (C=O) groups is 1. The van der Waals surface area contributed by atoms with E-state index < -0.39 is 5.67 Å². The number of alkyl halides is 1. The minimum atomic E-state index is -1.48. The van der Waals surface area contributed by atoms with Crippen molar-refractivity contribution in [1.82, 2.24) is 0 Å². The Morgan fingerprint density at radius 1 is 1.78 bits per heavy atom. The van der Waals surface area contributed by atoms with E-state index in [-0.39, 0.29) is 5.78 Å². The molecule has 1 saturated heterocycles. The van der Waals surface area contributed by atoms with Crippen molar-refractivity contribution in [2.45, 2.75) is 19.0 Å². The fourth-order valence-corrected chi connectivity index (χ4v) is 2.10. The van der Waals surface area contributed by atoms with Crippen LogP contribution in [-0.2, 0) is 4.79 Å². The smallest absolute Gasteiger partial charge is 0.178 e. The van der Waals surface area contributed by atoms with Crippen molar-refractivity contribution in [3.05, 3.63) is 0 Å². The van der Waals surface area contributed by atoms with Gasteiger partial charge in [-0.25, -0.2) is 4.39 Å². The molecule has 0 aromatic rings. The van der Waals surface area contributed by atoms with Gasteiger partial charge in [-0.05, 0) is 19.1 Å². The monoisotopic (exact) mass is 148 g/mol. The lowest BCUT2D eigenvalue weighted by molar-refractivity contribution is -0.126. The van der Waals surface area contributed by atoms with Crippen LogP contribution in [0.2, 0.25) is 0 Å². The third-order valence-electron chi connectivity index (χ3n) is 1.60. The van der Waals surface area contributed by atoms with Crippen LogP contribution in [0.4, 0.5) is 4.39 Å². The molecule has 0 saturated carbocycles. The number of rotatable bonds is 1. The third-order valence-corrected chi connectivity index (χ3v) is 2.76. The lowest BCUT2D eigenvalue weighted by Crippen LogP contribution is -2.30. The van der Waals surface area contributed by atoms with E-state index in [2.05, 4.69) is 0 Å². The van der Waals surface area contributed by atoms with Gasteiger partial charge in [-0.1, -0.05) is 0 Å². The number of hydrogen-bond acceptors (Lipinski definition) is 2. The molecule has 9 heavy (non-hydrogen) atoms. The molecule has 1 aliphatic rings. The zero-order valence-corrected chi connectivity index (χ0v) is 6.13. The number of hydrogen-bond donors (Lipinski definition) is 0. The first-order valence-corrected chi connectivity index (χ1v) is 4.08. The maximum atomic E-state index is 13.1. The average molecular weight is 148 g/mol. The number of thioether (sulfide) groups is 1. The molecule has 1 unspecified atom stereocenters. The first-order chi connectivity index (χ1) is 4.15. The van der Waals surface area contributed by atoms with Crippen LogP contribution in [0.3, 0.4) is 0 Å². The Labute approximate surface area is 58.0 Å². The van der Waals surface area contributed by atoms with Gasteiger partial charge in [0.2, 0.25) is 0 Å². The molecule has 52 valence electrons. The highest BCUT2D eigenvalue weighted by Crippen LogP contribution is 2.31. The molecule has 1 atom stereocenters.